The van der Waals surface area contributed by atoms with Crippen LogP contribution in [0.1, 0.15) is 7.43 Å². The molecule has 0 fully saturated rings. The van der Waals surface area contributed by atoms with Gasteiger partial charge in [-0.3, -0.25) is 0 Å². The summed E-state index contributed by atoms with van der Waals surface area (Å²) in [6, 6.07) is 0. The van der Waals surface area contributed by atoms with Gasteiger partial charge in [-0.25, -0.2) is 0 Å². The summed E-state index contributed by atoms with van der Waals surface area (Å²) in [5.41, 5.74) is 0. The van der Waals surface area contributed by atoms with Gasteiger partial charge < -0.3 is 0 Å². The zero-order chi connectivity index (χ0) is 10.0. The summed E-state index contributed by atoms with van der Waals surface area (Å²) in [6.07, 6.45) is -0.0139. The van der Waals surface area contributed by atoms with E-state index in [4.69, 9.17) is 0 Å². The van der Waals surface area contributed by atoms with Gasteiger partial charge in [-0.2, -0.15) is 0 Å². The van der Waals surface area contributed by atoms with E-state index in [9.17, 15) is 0 Å². The molecule has 0 N–H and O–H groups in total. The van der Waals surface area contributed by atoms with Crippen LogP contribution in [0.4, 0.5) is 0 Å². The van der Waals surface area contributed by atoms with E-state index in [0.29, 0.717) is 8.55 Å². The summed E-state index contributed by atoms with van der Waals surface area (Å²) < 4.78 is 0. The van der Waals surface area contributed by atoms with Crippen LogP contribution < -0.4 is 0 Å². The van der Waals surface area contributed by atoms with Gasteiger partial charge in [0.1, 0.15) is 0 Å². The van der Waals surface area contributed by atoms with Crippen LogP contribution in [-0.4, -0.2) is 107 Å². The smallest absolute Gasteiger partial charge is 0.00635 e. The van der Waals surface area contributed by atoms with Crippen molar-refractivity contribution in [1.29, 1.82) is 0 Å². The van der Waals surface area contributed by atoms with E-state index in [2.05, 4.69) is 0 Å². The first-order chi connectivity index (χ1) is 5.47. The minimum atomic E-state index is -0.0139. The number of rotatable bonds is 4. The third-order valence-electron chi connectivity index (χ3n) is 2.02. The van der Waals surface area contributed by atoms with E-state index in [1.165, 1.54) is 0 Å². The van der Waals surface area contributed by atoms with Crippen LogP contribution in [-0.2, 0) is 0 Å². The summed E-state index contributed by atoms with van der Waals surface area (Å²) >= 11 is 0. The van der Waals surface area contributed by atoms with Crippen LogP contribution in [0.25, 0.3) is 0 Å². The Labute approximate surface area is 114 Å². The molecule has 12 heteroatoms. The highest BCUT2D eigenvalue weighted by molar-refractivity contribution is 7.83. The second-order valence-electron chi connectivity index (χ2n) is 4.62. The van der Waals surface area contributed by atoms with E-state index < -0.39 is 0 Å². The van der Waals surface area contributed by atoms with Gasteiger partial charge in [0.2, 0.25) is 0 Å². The molecule has 0 saturated carbocycles. The van der Waals surface area contributed by atoms with E-state index in [0.717, 1.165) is 34.2 Å². The van der Waals surface area contributed by atoms with Crippen molar-refractivity contribution in [2.24, 2.45) is 0 Å². The van der Waals surface area contributed by atoms with Crippen molar-refractivity contribution in [3.8, 4) is 0 Å². The highest BCUT2D eigenvalue weighted by Crippen LogP contribution is 1.70. The molecule has 13 heavy (non-hydrogen) atoms. The molecule has 0 amide bonds. The molecule has 0 nitrogen and oxygen atoms in total. The number of hydrogen-bond acceptors (Lipinski definition) is 0. The van der Waals surface area contributed by atoms with Gasteiger partial charge in [0.15, 0.2) is 0 Å². The first-order valence-corrected chi connectivity index (χ1v) is 49.3. The van der Waals surface area contributed by atoms with Crippen LogP contribution >= 0.6 is 0 Å². The average molecular weight is 381 g/mol. The molecule has 0 aliphatic rings. The maximum absolute atomic E-state index is 1.69. The predicted molar refractivity (Wildman–Crippen MR) is 115 cm³/mol. The fraction of sp³-hybridized carbons (Fsp3) is 1.00. The Hall–Kier alpha value is 2.60. The molecule has 0 heterocycles. The van der Waals surface area contributed by atoms with Crippen LogP contribution in [0.2, 0.25) is 0 Å². The van der Waals surface area contributed by atoms with Crippen LogP contribution in [0.3, 0.4) is 0 Å². The van der Waals surface area contributed by atoms with Crippen molar-refractivity contribution in [3.63, 3.8) is 0 Å². The van der Waals surface area contributed by atoms with Crippen LogP contribution in [0, 0.1) is 0 Å². The Bertz CT molecular complexity index is 67.7. The molecule has 0 atom stereocenters. The van der Waals surface area contributed by atoms with Gasteiger partial charge in [-0.15, -0.1) is 0 Å². The molecule has 84 valence electrons. The Balaban J connectivity index is -0.000000143. The van der Waals surface area contributed by atoms with Crippen LogP contribution in [0.15, 0.2) is 0 Å². The zero-order valence-corrected chi connectivity index (χ0v) is 30.1. The Morgan fingerprint density at radius 1 is 0.769 bits per heavy atom. The summed E-state index contributed by atoms with van der Waals surface area (Å²) in [4.78, 5) is 0. The van der Waals surface area contributed by atoms with E-state index in [1.54, 1.807) is 58.6 Å². The zero-order valence-electron chi connectivity index (χ0n) is 10.0. The lowest BCUT2D eigenvalue weighted by Crippen LogP contribution is -2.45. The van der Waals surface area contributed by atoms with Crippen molar-refractivity contribution in [1.82, 2.24) is 0 Å². The van der Waals surface area contributed by atoms with Crippen molar-refractivity contribution in [2.45, 2.75) is 7.43 Å². The normalized spacial score (nSPS) is 19.4. The molecule has 0 aliphatic carbocycles. The summed E-state index contributed by atoms with van der Waals surface area (Å²) in [6.45, 7) is 0. The standard InChI is InChI=1S/CH4.2H14Si6/c;1-5-6(2,3)4;1-3-5-6-4-2/h1H4;5H2,1-4H3;3-6H2,1-2H3. The molecule has 0 aromatic rings. The molecule has 0 unspecified atom stereocenters. The van der Waals surface area contributed by atoms with Gasteiger partial charge in [0, 0.05) is 0 Å². The van der Waals surface area contributed by atoms with Gasteiger partial charge in [0.05, 0.1) is 0 Å². The summed E-state index contributed by atoms with van der Waals surface area (Å²) in [5.74, 6) is 0. The first-order valence-electron chi connectivity index (χ1n) is 5.47. The summed E-state index contributed by atoms with van der Waals surface area (Å²) in [7, 11) is 14.1. The van der Waals surface area contributed by atoms with Gasteiger partial charge in [-0.1, -0.05) is 7.43 Å². The predicted octanol–water partition coefficient (Wildman–Crippen LogP) is -11.4. The van der Waals surface area contributed by atoms with Crippen molar-refractivity contribution in [2.75, 3.05) is 0 Å². The highest BCUT2D eigenvalue weighted by atomic mass is 30.2. The number of hydrogen-bond donors (Lipinski definition) is 0. The van der Waals surface area contributed by atoms with E-state index in [-0.39, 0.29) is 13.6 Å². The molecule has 0 aliphatic heterocycles. The fourth-order valence-electron chi connectivity index (χ4n) is 0.500. The lowest BCUT2D eigenvalue weighted by molar-refractivity contribution is 2.50. The lowest BCUT2D eigenvalue weighted by atomic mass is 12.0. The molecule has 0 radical (unpaired) electrons. The van der Waals surface area contributed by atoms with Gasteiger partial charge >= 0.3 is 0 Å². The van der Waals surface area contributed by atoms with Gasteiger partial charge in [-0.05, 0) is 107 Å². The molecular formula is CH32Si12. The molecular weight excluding hydrogens is 349 g/mol. The van der Waals surface area contributed by atoms with Crippen molar-refractivity contribution in [3.05, 3.63) is 0 Å². The highest BCUT2D eigenvalue weighted by Gasteiger charge is 2.07. The van der Waals surface area contributed by atoms with Crippen LogP contribution in [0.5, 0.6) is 0 Å². The Kier molecular flexibility index (Phi) is 23.5. The maximum atomic E-state index is 1.69. The molecule has 0 aromatic carbocycles. The third kappa shape index (κ3) is 31.3. The second-order valence-corrected chi connectivity index (χ2v) is 125. The lowest BCUT2D eigenvalue weighted by Gasteiger charge is -2.08. The molecule has 0 aromatic heterocycles. The maximum Gasteiger partial charge on any atom is -0.00635 e. The Morgan fingerprint density at radius 3 is 1.08 bits per heavy atom. The monoisotopic (exact) mass is 380 g/mol. The molecule has 0 spiro atoms. The van der Waals surface area contributed by atoms with Crippen molar-refractivity contribution >= 4 is 107 Å². The van der Waals surface area contributed by atoms with Gasteiger partial charge in [0.25, 0.3) is 0 Å². The van der Waals surface area contributed by atoms with E-state index in [1.807, 2.05) is 0 Å². The SMILES string of the molecule is C.[SiH3][SiH2][SiH2][SiH2][SiH2][SiH3].[SiH3][SiH2][Si]([SiH3])([SiH3])[SiH3]. The first kappa shape index (κ1) is 20.9. The average Bonchev–Trinajstić information content (AvgIpc) is 2.01. The Morgan fingerprint density at radius 2 is 1.00 bits per heavy atom. The van der Waals surface area contributed by atoms with E-state index >= 15 is 0 Å². The summed E-state index contributed by atoms with van der Waals surface area (Å²) in [5, 5.41) is 0. The minimum Gasteiger partial charge on any atom is -0.0776 e. The quantitative estimate of drug-likeness (QED) is 0.335. The minimum absolute atomic E-state index is 0. The van der Waals surface area contributed by atoms with Crippen molar-refractivity contribution < 1.29 is 0 Å². The molecule has 0 saturated heterocycles. The second kappa shape index (κ2) is 14.6. The third-order valence-corrected chi connectivity index (χ3v) is 163. The fourth-order valence-corrected chi connectivity index (χ4v) is 121. The largest absolute Gasteiger partial charge is 0.0776 e. The topological polar surface area (TPSA) is 0 Å². The molecule has 0 bridgehead atoms. The molecule has 0 rings (SSSR count).